The van der Waals surface area contributed by atoms with Gasteiger partial charge in [0.25, 0.3) is 17.7 Å². The van der Waals surface area contributed by atoms with Crippen LogP contribution in [0.15, 0.2) is 59.1 Å². The van der Waals surface area contributed by atoms with Crippen LogP contribution < -0.4 is 16.2 Å². The van der Waals surface area contributed by atoms with Gasteiger partial charge >= 0.3 is 0 Å². The minimum Gasteiger partial charge on any atom is -0.340 e. The van der Waals surface area contributed by atoms with Crippen LogP contribution in [-0.2, 0) is 4.79 Å². The van der Waals surface area contributed by atoms with Crippen LogP contribution in [0.3, 0.4) is 0 Å². The van der Waals surface area contributed by atoms with Gasteiger partial charge in [0.2, 0.25) is 0 Å². The lowest BCUT2D eigenvalue weighted by Gasteiger charge is -2.15. The SMILES string of the molecule is CC(NC(=O)c1ccccc1)C(=O)NNC(=O)c1ccccc1Br. The predicted molar refractivity (Wildman–Crippen MR) is 93.1 cm³/mol. The zero-order valence-corrected chi connectivity index (χ0v) is 14.5. The molecule has 2 rings (SSSR count). The maximum atomic E-state index is 12.0. The average Bonchev–Trinajstić information content (AvgIpc) is 2.60. The molecule has 2 aromatic carbocycles. The van der Waals surface area contributed by atoms with Crippen LogP contribution >= 0.6 is 15.9 Å². The maximum absolute atomic E-state index is 12.0. The molecule has 0 aliphatic carbocycles. The third-order valence-corrected chi connectivity index (χ3v) is 3.89. The van der Waals surface area contributed by atoms with Crippen LogP contribution in [0.1, 0.15) is 27.6 Å². The molecule has 0 saturated heterocycles. The zero-order chi connectivity index (χ0) is 17.5. The van der Waals surface area contributed by atoms with E-state index in [0.717, 1.165) is 0 Å². The molecule has 3 N–H and O–H groups in total. The topological polar surface area (TPSA) is 87.3 Å². The van der Waals surface area contributed by atoms with Gasteiger partial charge in [0.1, 0.15) is 6.04 Å². The van der Waals surface area contributed by atoms with Crippen molar-refractivity contribution in [2.45, 2.75) is 13.0 Å². The van der Waals surface area contributed by atoms with Crippen molar-refractivity contribution in [3.8, 4) is 0 Å². The molecule has 0 aromatic heterocycles. The molecule has 0 heterocycles. The molecule has 0 fully saturated rings. The molecule has 0 bridgehead atoms. The van der Waals surface area contributed by atoms with E-state index in [0.29, 0.717) is 15.6 Å². The number of carbonyl (C=O) groups is 3. The maximum Gasteiger partial charge on any atom is 0.270 e. The van der Waals surface area contributed by atoms with Crippen molar-refractivity contribution in [2.75, 3.05) is 0 Å². The molecule has 0 aliphatic heterocycles. The lowest BCUT2D eigenvalue weighted by molar-refractivity contribution is -0.123. The number of hydrogen-bond acceptors (Lipinski definition) is 3. The summed E-state index contributed by atoms with van der Waals surface area (Å²) in [5.74, 6) is -1.35. The molecular weight excluding hydrogens is 374 g/mol. The minimum absolute atomic E-state index is 0.365. The fraction of sp³-hybridized carbons (Fsp3) is 0.118. The summed E-state index contributed by atoms with van der Waals surface area (Å²) in [4.78, 5) is 36.0. The highest BCUT2D eigenvalue weighted by Crippen LogP contribution is 2.15. The third-order valence-electron chi connectivity index (χ3n) is 3.19. The second-order valence-electron chi connectivity index (χ2n) is 4.98. The quantitative estimate of drug-likeness (QED) is 0.699. The molecule has 0 spiro atoms. The summed E-state index contributed by atoms with van der Waals surface area (Å²) in [5, 5.41) is 2.56. The van der Waals surface area contributed by atoms with Crippen LogP contribution in [0.5, 0.6) is 0 Å². The molecule has 6 nitrogen and oxygen atoms in total. The van der Waals surface area contributed by atoms with Gasteiger partial charge in [-0.2, -0.15) is 0 Å². The molecule has 24 heavy (non-hydrogen) atoms. The number of nitrogens with one attached hydrogen (secondary N) is 3. The van der Waals surface area contributed by atoms with Crippen LogP contribution in [0.4, 0.5) is 0 Å². The Bertz CT molecular complexity index is 750. The first-order valence-corrected chi connectivity index (χ1v) is 7.99. The van der Waals surface area contributed by atoms with Crippen LogP contribution in [-0.4, -0.2) is 23.8 Å². The molecule has 2 aromatic rings. The van der Waals surface area contributed by atoms with Crippen molar-refractivity contribution >= 4 is 33.7 Å². The van der Waals surface area contributed by atoms with E-state index in [9.17, 15) is 14.4 Å². The van der Waals surface area contributed by atoms with E-state index in [-0.39, 0.29) is 5.91 Å². The Balaban J connectivity index is 1.87. The zero-order valence-electron chi connectivity index (χ0n) is 12.9. The van der Waals surface area contributed by atoms with Crippen molar-refractivity contribution in [1.29, 1.82) is 0 Å². The first-order chi connectivity index (χ1) is 11.5. The van der Waals surface area contributed by atoms with E-state index in [4.69, 9.17) is 0 Å². The Kier molecular flexibility index (Phi) is 6.08. The van der Waals surface area contributed by atoms with Crippen molar-refractivity contribution in [3.05, 3.63) is 70.2 Å². The Hall–Kier alpha value is -2.67. The number of rotatable bonds is 4. The molecule has 3 amide bonds. The van der Waals surface area contributed by atoms with E-state index in [1.165, 1.54) is 6.92 Å². The van der Waals surface area contributed by atoms with Gasteiger partial charge in [-0.3, -0.25) is 25.2 Å². The lowest BCUT2D eigenvalue weighted by atomic mass is 10.2. The number of halogens is 1. The molecule has 7 heteroatoms. The highest BCUT2D eigenvalue weighted by Gasteiger charge is 2.17. The Morgan fingerprint density at radius 1 is 0.875 bits per heavy atom. The van der Waals surface area contributed by atoms with Gasteiger partial charge in [0.05, 0.1) is 5.56 Å². The Morgan fingerprint density at radius 2 is 1.50 bits per heavy atom. The third kappa shape index (κ3) is 4.66. The average molecular weight is 390 g/mol. The van der Waals surface area contributed by atoms with Gasteiger partial charge in [-0.15, -0.1) is 0 Å². The molecule has 1 atom stereocenters. The summed E-state index contributed by atoms with van der Waals surface area (Å²) >= 11 is 3.26. The highest BCUT2D eigenvalue weighted by atomic mass is 79.9. The van der Waals surface area contributed by atoms with Gasteiger partial charge in [0.15, 0.2) is 0 Å². The van der Waals surface area contributed by atoms with E-state index in [1.807, 2.05) is 0 Å². The minimum atomic E-state index is -0.808. The Labute approximate surface area is 147 Å². The van der Waals surface area contributed by atoms with Crippen LogP contribution in [0.2, 0.25) is 0 Å². The summed E-state index contributed by atoms with van der Waals surface area (Å²) in [5.41, 5.74) is 5.45. The number of hydrazine groups is 1. The van der Waals surface area contributed by atoms with Crippen LogP contribution in [0, 0.1) is 0 Å². The second-order valence-corrected chi connectivity index (χ2v) is 5.84. The molecule has 124 valence electrons. The Morgan fingerprint density at radius 3 is 2.17 bits per heavy atom. The molecule has 0 saturated carbocycles. The van der Waals surface area contributed by atoms with Gasteiger partial charge in [-0.1, -0.05) is 30.3 Å². The largest absolute Gasteiger partial charge is 0.340 e. The van der Waals surface area contributed by atoms with E-state index >= 15 is 0 Å². The summed E-state index contributed by atoms with van der Waals surface area (Å²) in [6, 6.07) is 14.6. The molecule has 0 radical (unpaired) electrons. The molecular formula is C17H16BrN3O3. The second kappa shape index (κ2) is 8.26. The summed E-state index contributed by atoms with van der Waals surface area (Å²) < 4.78 is 0.613. The first kappa shape index (κ1) is 17.7. The number of benzene rings is 2. The smallest absolute Gasteiger partial charge is 0.270 e. The van der Waals surface area contributed by atoms with Crippen molar-refractivity contribution in [2.24, 2.45) is 0 Å². The number of hydrogen-bond donors (Lipinski definition) is 3. The summed E-state index contributed by atoms with van der Waals surface area (Å²) in [6.45, 7) is 1.53. The summed E-state index contributed by atoms with van der Waals surface area (Å²) in [6.07, 6.45) is 0. The normalized spacial score (nSPS) is 11.2. The lowest BCUT2D eigenvalue weighted by Crippen LogP contribution is -2.51. The highest BCUT2D eigenvalue weighted by molar-refractivity contribution is 9.10. The number of carbonyl (C=O) groups excluding carboxylic acids is 3. The molecule has 1 unspecified atom stereocenters. The first-order valence-electron chi connectivity index (χ1n) is 7.19. The van der Waals surface area contributed by atoms with Gasteiger partial charge in [-0.05, 0) is 47.1 Å². The van der Waals surface area contributed by atoms with Gasteiger partial charge < -0.3 is 5.32 Å². The standard InChI is InChI=1S/C17H16BrN3O3/c1-11(19-16(23)12-7-3-2-4-8-12)15(22)20-21-17(24)13-9-5-6-10-14(13)18/h2-11H,1H3,(H,19,23)(H,20,22)(H,21,24). The van der Waals surface area contributed by atoms with Crippen molar-refractivity contribution in [1.82, 2.24) is 16.2 Å². The van der Waals surface area contributed by atoms with E-state index in [2.05, 4.69) is 32.1 Å². The van der Waals surface area contributed by atoms with Gasteiger partial charge in [-0.25, -0.2) is 0 Å². The van der Waals surface area contributed by atoms with Gasteiger partial charge in [0, 0.05) is 10.0 Å². The van der Waals surface area contributed by atoms with E-state index < -0.39 is 17.9 Å². The summed E-state index contributed by atoms with van der Waals surface area (Å²) in [7, 11) is 0. The predicted octanol–water partition coefficient (Wildman–Crippen LogP) is 2.03. The van der Waals surface area contributed by atoms with Crippen molar-refractivity contribution in [3.63, 3.8) is 0 Å². The fourth-order valence-corrected chi connectivity index (χ4v) is 2.34. The van der Waals surface area contributed by atoms with E-state index in [1.54, 1.807) is 54.6 Å². The van der Waals surface area contributed by atoms with Crippen LogP contribution in [0.25, 0.3) is 0 Å². The monoisotopic (exact) mass is 389 g/mol. The fourth-order valence-electron chi connectivity index (χ4n) is 1.87. The number of amides is 3. The molecule has 0 aliphatic rings. The van der Waals surface area contributed by atoms with Crippen molar-refractivity contribution < 1.29 is 14.4 Å².